The standard InChI is InChI=1S/C32H30.C2H6/c1-5-32(31-9-7-6-8-24(31)4,29-16-14-25-18-22(2)10-12-27(25)20-29)30-17-15-26-19-23(3)11-13-28(26)21-30;1-2/h6-21H,5H2,1-4H3;1-2H3. The highest BCUT2D eigenvalue weighted by molar-refractivity contribution is 5.86. The van der Waals surface area contributed by atoms with E-state index >= 15 is 0 Å². The maximum Gasteiger partial charge on any atom is 0.0451 e. The van der Waals surface area contributed by atoms with E-state index in [0.717, 1.165) is 6.42 Å². The van der Waals surface area contributed by atoms with Crippen molar-refractivity contribution in [2.45, 2.75) is 53.4 Å². The first-order chi connectivity index (χ1) is 16.5. The van der Waals surface area contributed by atoms with Crippen LogP contribution in [0.1, 0.15) is 60.6 Å². The molecule has 5 aromatic carbocycles. The molecular weight excluding hydrogens is 408 g/mol. The summed E-state index contributed by atoms with van der Waals surface area (Å²) in [6, 6.07) is 36.5. The minimum atomic E-state index is -0.205. The lowest BCUT2D eigenvalue weighted by molar-refractivity contribution is 0.591. The van der Waals surface area contributed by atoms with E-state index in [1.807, 2.05) is 13.8 Å². The monoisotopic (exact) mass is 444 g/mol. The lowest BCUT2D eigenvalue weighted by Gasteiger charge is -2.37. The summed E-state index contributed by atoms with van der Waals surface area (Å²) in [6.45, 7) is 12.9. The van der Waals surface area contributed by atoms with Crippen molar-refractivity contribution in [3.63, 3.8) is 0 Å². The molecule has 5 aromatic rings. The average molecular weight is 445 g/mol. The Kier molecular flexibility index (Phi) is 6.89. The molecule has 0 unspecified atom stereocenters. The SMILES string of the molecule is CC.CCC(c1ccc2cc(C)ccc2c1)(c1ccc2cc(C)ccc2c1)c1ccccc1C. The minimum Gasteiger partial charge on any atom is -0.0683 e. The van der Waals surface area contributed by atoms with Gasteiger partial charge in [0.15, 0.2) is 0 Å². The molecular formula is C34H36. The maximum absolute atomic E-state index is 2.41. The van der Waals surface area contributed by atoms with Crippen molar-refractivity contribution in [3.8, 4) is 0 Å². The van der Waals surface area contributed by atoms with Crippen LogP contribution >= 0.6 is 0 Å². The van der Waals surface area contributed by atoms with Gasteiger partial charge in [-0.3, -0.25) is 0 Å². The molecule has 0 saturated heterocycles. The molecule has 0 bridgehead atoms. The van der Waals surface area contributed by atoms with Crippen LogP contribution in [-0.4, -0.2) is 0 Å². The van der Waals surface area contributed by atoms with Crippen LogP contribution < -0.4 is 0 Å². The van der Waals surface area contributed by atoms with Gasteiger partial charge in [0.1, 0.15) is 0 Å². The lowest BCUT2D eigenvalue weighted by atomic mass is 9.66. The molecule has 0 heterocycles. The van der Waals surface area contributed by atoms with Crippen molar-refractivity contribution >= 4 is 21.5 Å². The number of hydrogen-bond acceptors (Lipinski definition) is 0. The van der Waals surface area contributed by atoms with Gasteiger partial charge in [-0.2, -0.15) is 0 Å². The zero-order valence-corrected chi connectivity index (χ0v) is 21.4. The first-order valence-corrected chi connectivity index (χ1v) is 12.6. The highest BCUT2D eigenvalue weighted by Crippen LogP contribution is 2.45. The Hall–Kier alpha value is -3.38. The van der Waals surface area contributed by atoms with E-state index in [2.05, 4.69) is 125 Å². The predicted molar refractivity (Wildman–Crippen MR) is 150 cm³/mol. The third-order valence-electron chi connectivity index (χ3n) is 7.11. The molecule has 0 N–H and O–H groups in total. The van der Waals surface area contributed by atoms with Crippen LogP contribution in [0.5, 0.6) is 0 Å². The fraction of sp³-hybridized carbons (Fsp3) is 0.235. The van der Waals surface area contributed by atoms with Gasteiger partial charge in [-0.05, 0) is 83.1 Å². The van der Waals surface area contributed by atoms with Gasteiger partial charge in [0.05, 0.1) is 0 Å². The fourth-order valence-corrected chi connectivity index (χ4v) is 5.39. The molecule has 0 spiro atoms. The van der Waals surface area contributed by atoms with Gasteiger partial charge in [-0.25, -0.2) is 0 Å². The van der Waals surface area contributed by atoms with Gasteiger partial charge in [0.2, 0.25) is 0 Å². The smallest absolute Gasteiger partial charge is 0.0451 e. The summed E-state index contributed by atoms with van der Waals surface area (Å²) in [4.78, 5) is 0. The second-order valence-electron chi connectivity index (χ2n) is 9.20. The molecule has 0 fully saturated rings. The molecule has 0 aliphatic heterocycles. The predicted octanol–water partition coefficient (Wildman–Crippen LogP) is 9.69. The lowest BCUT2D eigenvalue weighted by Crippen LogP contribution is -2.29. The Morgan fingerprint density at radius 2 is 0.971 bits per heavy atom. The number of rotatable bonds is 4. The Bertz CT molecular complexity index is 1350. The summed E-state index contributed by atoms with van der Waals surface area (Å²) in [5, 5.41) is 5.21. The van der Waals surface area contributed by atoms with Crippen molar-refractivity contribution < 1.29 is 0 Å². The molecule has 0 aliphatic rings. The summed E-state index contributed by atoms with van der Waals surface area (Å²) in [7, 11) is 0. The van der Waals surface area contributed by atoms with E-state index in [1.54, 1.807) is 0 Å². The van der Waals surface area contributed by atoms with Crippen LogP contribution in [0.15, 0.2) is 97.1 Å². The van der Waals surface area contributed by atoms with E-state index in [9.17, 15) is 0 Å². The summed E-state index contributed by atoms with van der Waals surface area (Å²) >= 11 is 0. The molecule has 0 nitrogen and oxygen atoms in total. The highest BCUT2D eigenvalue weighted by atomic mass is 14.4. The first kappa shape index (κ1) is 23.8. The molecule has 0 atom stereocenters. The normalized spacial score (nSPS) is 11.4. The quantitative estimate of drug-likeness (QED) is 0.242. The minimum absolute atomic E-state index is 0.205. The van der Waals surface area contributed by atoms with Crippen molar-refractivity contribution in [2.24, 2.45) is 0 Å². The number of hydrogen-bond donors (Lipinski definition) is 0. The van der Waals surface area contributed by atoms with Gasteiger partial charge < -0.3 is 0 Å². The molecule has 0 aromatic heterocycles. The van der Waals surface area contributed by atoms with Crippen LogP contribution in [0, 0.1) is 20.8 Å². The molecule has 0 aliphatic carbocycles. The second kappa shape index (κ2) is 9.85. The Balaban J connectivity index is 0.00000133. The number of aryl methyl sites for hydroxylation is 3. The maximum atomic E-state index is 2.41. The zero-order valence-electron chi connectivity index (χ0n) is 21.4. The molecule has 34 heavy (non-hydrogen) atoms. The third kappa shape index (κ3) is 4.14. The Morgan fingerprint density at radius 3 is 1.44 bits per heavy atom. The van der Waals surface area contributed by atoms with Gasteiger partial charge in [-0.15, -0.1) is 0 Å². The number of benzene rings is 5. The summed E-state index contributed by atoms with van der Waals surface area (Å²) in [5.74, 6) is 0. The topological polar surface area (TPSA) is 0 Å². The third-order valence-corrected chi connectivity index (χ3v) is 7.11. The van der Waals surface area contributed by atoms with Gasteiger partial charge in [-0.1, -0.05) is 117 Å². The van der Waals surface area contributed by atoms with Crippen LogP contribution in [0.25, 0.3) is 21.5 Å². The van der Waals surface area contributed by atoms with Crippen LogP contribution in [0.2, 0.25) is 0 Å². The second-order valence-corrected chi connectivity index (χ2v) is 9.20. The average Bonchev–Trinajstić information content (AvgIpc) is 2.87. The molecule has 0 amide bonds. The van der Waals surface area contributed by atoms with Crippen LogP contribution in [0.3, 0.4) is 0 Å². The summed E-state index contributed by atoms with van der Waals surface area (Å²) < 4.78 is 0. The van der Waals surface area contributed by atoms with E-state index < -0.39 is 0 Å². The highest BCUT2D eigenvalue weighted by Gasteiger charge is 2.36. The molecule has 0 radical (unpaired) electrons. The first-order valence-electron chi connectivity index (χ1n) is 12.6. The van der Waals surface area contributed by atoms with E-state index in [0.29, 0.717) is 0 Å². The zero-order chi connectivity index (χ0) is 24.3. The van der Waals surface area contributed by atoms with E-state index in [4.69, 9.17) is 0 Å². The van der Waals surface area contributed by atoms with Crippen molar-refractivity contribution in [1.29, 1.82) is 0 Å². The van der Waals surface area contributed by atoms with E-state index in [-0.39, 0.29) is 5.41 Å². The summed E-state index contributed by atoms with van der Waals surface area (Å²) in [5.41, 5.74) is 7.84. The van der Waals surface area contributed by atoms with Crippen molar-refractivity contribution in [1.82, 2.24) is 0 Å². The van der Waals surface area contributed by atoms with Crippen molar-refractivity contribution in [3.05, 3.63) is 130 Å². The molecule has 5 rings (SSSR count). The van der Waals surface area contributed by atoms with Crippen LogP contribution in [-0.2, 0) is 5.41 Å². The summed E-state index contributed by atoms with van der Waals surface area (Å²) in [6.07, 6.45) is 0.993. The van der Waals surface area contributed by atoms with Crippen molar-refractivity contribution in [2.75, 3.05) is 0 Å². The Labute approximate surface area is 205 Å². The van der Waals surface area contributed by atoms with Gasteiger partial charge >= 0.3 is 0 Å². The Morgan fingerprint density at radius 1 is 0.529 bits per heavy atom. The van der Waals surface area contributed by atoms with Gasteiger partial charge in [0.25, 0.3) is 0 Å². The van der Waals surface area contributed by atoms with Crippen LogP contribution in [0.4, 0.5) is 0 Å². The number of fused-ring (bicyclic) bond motifs is 2. The largest absolute Gasteiger partial charge is 0.0683 e. The van der Waals surface area contributed by atoms with E-state index in [1.165, 1.54) is 54.9 Å². The van der Waals surface area contributed by atoms with Gasteiger partial charge in [0, 0.05) is 5.41 Å². The molecule has 0 heteroatoms. The molecule has 0 saturated carbocycles. The fourth-order valence-electron chi connectivity index (χ4n) is 5.39. The molecule has 172 valence electrons.